The Hall–Kier alpha value is 0.0900. The zero-order chi connectivity index (χ0) is 13.1. The molecule has 96 valence electrons. The lowest BCUT2D eigenvalue weighted by atomic mass is 10.1. The minimum Gasteiger partial charge on any atom is -0.306 e. The molecule has 0 aliphatic rings. The first kappa shape index (κ1) is 14.5. The maximum absolute atomic E-state index is 3.58. The van der Waals surface area contributed by atoms with Crippen LogP contribution in [0, 0.1) is 10.5 Å². The van der Waals surface area contributed by atoms with Gasteiger partial charge in [-0.1, -0.05) is 22.9 Å². The van der Waals surface area contributed by atoms with E-state index < -0.39 is 0 Å². The van der Waals surface area contributed by atoms with Gasteiger partial charge >= 0.3 is 0 Å². The van der Waals surface area contributed by atoms with Crippen LogP contribution in [-0.2, 0) is 0 Å². The molecule has 0 radical (unpaired) electrons. The predicted molar refractivity (Wildman–Crippen MR) is 91.4 cm³/mol. The third-order valence-corrected chi connectivity index (χ3v) is 5.26. The second-order valence-electron chi connectivity index (χ2n) is 4.10. The van der Waals surface area contributed by atoms with Gasteiger partial charge in [0.05, 0.1) is 6.04 Å². The van der Waals surface area contributed by atoms with E-state index >= 15 is 0 Å². The molecule has 2 rings (SSSR count). The van der Waals surface area contributed by atoms with Crippen LogP contribution in [0.25, 0.3) is 0 Å². The number of nitrogens with one attached hydrogen (secondary N) is 1. The minimum absolute atomic E-state index is 0.290. The van der Waals surface area contributed by atoms with Crippen LogP contribution < -0.4 is 5.32 Å². The van der Waals surface area contributed by atoms with Crippen molar-refractivity contribution in [2.75, 3.05) is 6.54 Å². The number of thiophene rings is 1. The van der Waals surface area contributed by atoms with E-state index in [-0.39, 0.29) is 6.04 Å². The molecule has 1 unspecified atom stereocenters. The van der Waals surface area contributed by atoms with Gasteiger partial charge in [0.25, 0.3) is 0 Å². The van der Waals surface area contributed by atoms with Crippen molar-refractivity contribution in [3.63, 3.8) is 0 Å². The third kappa shape index (κ3) is 3.35. The Bertz CT molecular complexity index is 538. The molecule has 0 amide bonds. The van der Waals surface area contributed by atoms with E-state index in [4.69, 9.17) is 0 Å². The quantitative estimate of drug-likeness (QED) is 0.657. The Labute approximate surface area is 134 Å². The van der Waals surface area contributed by atoms with Gasteiger partial charge in [-0.05, 0) is 72.0 Å². The summed E-state index contributed by atoms with van der Waals surface area (Å²) in [4.78, 5) is 2.74. The molecule has 2 aromatic rings. The van der Waals surface area contributed by atoms with Crippen LogP contribution in [0.2, 0.25) is 0 Å². The van der Waals surface area contributed by atoms with Gasteiger partial charge in [0.1, 0.15) is 0 Å². The molecular weight excluding hydrogens is 421 g/mol. The first-order chi connectivity index (χ1) is 8.61. The molecular formula is C14H15BrINS. The Morgan fingerprint density at radius 2 is 2.11 bits per heavy atom. The summed E-state index contributed by atoms with van der Waals surface area (Å²) < 4.78 is 2.43. The molecule has 4 heteroatoms. The van der Waals surface area contributed by atoms with E-state index in [0.717, 1.165) is 11.0 Å². The van der Waals surface area contributed by atoms with E-state index in [1.54, 1.807) is 0 Å². The molecule has 0 aliphatic heterocycles. The van der Waals surface area contributed by atoms with Gasteiger partial charge in [0.15, 0.2) is 0 Å². The molecule has 0 spiro atoms. The van der Waals surface area contributed by atoms with Crippen molar-refractivity contribution >= 4 is 49.9 Å². The average Bonchev–Trinajstić information content (AvgIpc) is 2.76. The maximum atomic E-state index is 3.58. The lowest BCUT2D eigenvalue weighted by Crippen LogP contribution is -2.22. The maximum Gasteiger partial charge on any atom is 0.0681 e. The molecule has 1 aromatic heterocycles. The van der Waals surface area contributed by atoms with Crippen molar-refractivity contribution in [1.29, 1.82) is 0 Å². The van der Waals surface area contributed by atoms with Gasteiger partial charge in [0.2, 0.25) is 0 Å². The topological polar surface area (TPSA) is 12.0 Å². The molecule has 0 saturated heterocycles. The second kappa shape index (κ2) is 6.50. The van der Waals surface area contributed by atoms with Crippen LogP contribution in [0.3, 0.4) is 0 Å². The summed E-state index contributed by atoms with van der Waals surface area (Å²) in [6.07, 6.45) is 0. The summed E-state index contributed by atoms with van der Waals surface area (Å²) >= 11 is 7.84. The lowest BCUT2D eigenvalue weighted by molar-refractivity contribution is 0.637. The fourth-order valence-electron chi connectivity index (χ4n) is 1.91. The molecule has 1 heterocycles. The van der Waals surface area contributed by atoms with Crippen molar-refractivity contribution in [1.82, 2.24) is 5.32 Å². The fraction of sp³-hybridized carbons (Fsp3) is 0.286. The molecule has 0 aliphatic carbocycles. The standard InChI is InChI=1S/C14H15BrINS/c1-3-17-14(13-7-4-9(2)18-13)11-8-10(15)5-6-12(11)16/h4-8,14,17H,3H2,1-2H3. The number of aryl methyl sites for hydroxylation is 1. The average molecular weight is 436 g/mol. The van der Waals surface area contributed by atoms with Crippen LogP contribution >= 0.6 is 49.9 Å². The third-order valence-electron chi connectivity index (χ3n) is 2.72. The second-order valence-corrected chi connectivity index (χ2v) is 7.50. The molecule has 1 nitrogen and oxygen atoms in total. The highest BCUT2D eigenvalue weighted by atomic mass is 127. The fourth-order valence-corrected chi connectivity index (χ4v) is 3.91. The normalized spacial score (nSPS) is 12.7. The molecule has 1 aromatic carbocycles. The van der Waals surface area contributed by atoms with Crippen molar-refractivity contribution in [3.8, 4) is 0 Å². The van der Waals surface area contributed by atoms with Gasteiger partial charge < -0.3 is 5.32 Å². The SMILES string of the molecule is CCNC(c1ccc(C)s1)c1cc(Br)ccc1I. The predicted octanol–water partition coefficient (Wildman–Crippen LogP) is 5.12. The zero-order valence-electron chi connectivity index (χ0n) is 10.3. The smallest absolute Gasteiger partial charge is 0.0681 e. The Morgan fingerprint density at radius 3 is 2.72 bits per heavy atom. The summed E-state index contributed by atoms with van der Waals surface area (Å²) in [5.41, 5.74) is 1.34. The van der Waals surface area contributed by atoms with Crippen molar-refractivity contribution < 1.29 is 0 Å². The summed E-state index contributed by atoms with van der Waals surface area (Å²) in [6.45, 7) is 5.27. The van der Waals surface area contributed by atoms with Crippen molar-refractivity contribution in [2.24, 2.45) is 0 Å². The van der Waals surface area contributed by atoms with E-state index in [0.29, 0.717) is 0 Å². The molecule has 0 fully saturated rings. The van der Waals surface area contributed by atoms with E-state index in [9.17, 15) is 0 Å². The van der Waals surface area contributed by atoms with Crippen LogP contribution in [0.4, 0.5) is 0 Å². The van der Waals surface area contributed by atoms with Crippen LogP contribution in [-0.4, -0.2) is 6.54 Å². The number of hydrogen-bond acceptors (Lipinski definition) is 2. The van der Waals surface area contributed by atoms with Gasteiger partial charge in [-0.25, -0.2) is 0 Å². The highest BCUT2D eigenvalue weighted by molar-refractivity contribution is 14.1. The van der Waals surface area contributed by atoms with E-state index in [2.05, 4.69) is 88.0 Å². The number of halogens is 2. The van der Waals surface area contributed by atoms with Crippen molar-refractivity contribution in [3.05, 3.63) is 53.7 Å². The van der Waals surface area contributed by atoms with Gasteiger partial charge in [-0.15, -0.1) is 11.3 Å². The first-order valence-corrected chi connectivity index (χ1v) is 8.55. The Morgan fingerprint density at radius 1 is 1.33 bits per heavy atom. The first-order valence-electron chi connectivity index (χ1n) is 5.86. The number of benzene rings is 1. The van der Waals surface area contributed by atoms with Gasteiger partial charge in [-0.2, -0.15) is 0 Å². The van der Waals surface area contributed by atoms with Gasteiger partial charge in [-0.3, -0.25) is 0 Å². The highest BCUT2D eigenvalue weighted by Crippen LogP contribution is 2.32. The van der Waals surface area contributed by atoms with Crippen LogP contribution in [0.1, 0.15) is 28.3 Å². The van der Waals surface area contributed by atoms with E-state index in [1.807, 2.05) is 11.3 Å². The van der Waals surface area contributed by atoms with Gasteiger partial charge in [0, 0.05) is 17.8 Å². The Balaban J connectivity index is 2.44. The van der Waals surface area contributed by atoms with Crippen LogP contribution in [0.5, 0.6) is 0 Å². The zero-order valence-corrected chi connectivity index (χ0v) is 14.9. The summed E-state index contributed by atoms with van der Waals surface area (Å²) in [6, 6.07) is 11.2. The molecule has 18 heavy (non-hydrogen) atoms. The largest absolute Gasteiger partial charge is 0.306 e. The summed E-state index contributed by atoms with van der Waals surface area (Å²) in [5, 5.41) is 3.58. The number of hydrogen-bond donors (Lipinski definition) is 1. The molecule has 1 N–H and O–H groups in total. The Kier molecular flexibility index (Phi) is 5.24. The molecule has 0 saturated carbocycles. The summed E-state index contributed by atoms with van der Waals surface area (Å²) in [7, 11) is 0. The summed E-state index contributed by atoms with van der Waals surface area (Å²) in [5.74, 6) is 0. The lowest BCUT2D eigenvalue weighted by Gasteiger charge is -2.19. The van der Waals surface area contributed by atoms with E-state index in [1.165, 1.54) is 18.9 Å². The monoisotopic (exact) mass is 435 g/mol. The highest BCUT2D eigenvalue weighted by Gasteiger charge is 2.17. The van der Waals surface area contributed by atoms with Crippen LogP contribution in [0.15, 0.2) is 34.8 Å². The minimum atomic E-state index is 0.290. The number of rotatable bonds is 4. The molecule has 0 bridgehead atoms. The molecule has 1 atom stereocenters. The van der Waals surface area contributed by atoms with Crippen molar-refractivity contribution in [2.45, 2.75) is 19.9 Å².